The number of ether oxygens (including phenoxy) is 1. The van der Waals surface area contributed by atoms with Crippen LogP contribution in [0.5, 0.6) is 0 Å². The summed E-state index contributed by atoms with van der Waals surface area (Å²) >= 11 is 0. The molecule has 1 aromatic rings. The van der Waals surface area contributed by atoms with Gasteiger partial charge in [0, 0.05) is 12.0 Å². The van der Waals surface area contributed by atoms with Crippen molar-refractivity contribution >= 4 is 5.78 Å². The van der Waals surface area contributed by atoms with E-state index in [2.05, 4.69) is 30.3 Å². The summed E-state index contributed by atoms with van der Waals surface area (Å²) in [6.07, 6.45) is 5.24. The predicted octanol–water partition coefficient (Wildman–Crippen LogP) is 4.37. The van der Waals surface area contributed by atoms with Gasteiger partial charge in [0.2, 0.25) is 0 Å². The molecule has 20 heavy (non-hydrogen) atoms. The lowest BCUT2D eigenvalue weighted by Gasteiger charge is -2.37. The molecule has 1 aliphatic carbocycles. The van der Waals surface area contributed by atoms with Gasteiger partial charge >= 0.3 is 0 Å². The smallest absolute Gasteiger partial charge is 0.159 e. The normalized spacial score (nSPS) is 29.6. The molecular formula is C18H22O2. The van der Waals surface area contributed by atoms with Crippen LogP contribution in [0.4, 0.5) is 0 Å². The van der Waals surface area contributed by atoms with E-state index in [4.69, 9.17) is 4.74 Å². The zero-order valence-corrected chi connectivity index (χ0v) is 12.3. The van der Waals surface area contributed by atoms with Crippen LogP contribution in [-0.2, 0) is 9.53 Å². The van der Waals surface area contributed by atoms with Gasteiger partial charge in [-0.15, -0.1) is 0 Å². The molecule has 1 heterocycles. The van der Waals surface area contributed by atoms with Crippen molar-refractivity contribution in [2.24, 2.45) is 0 Å². The molecular weight excluding hydrogens is 248 g/mol. The van der Waals surface area contributed by atoms with E-state index in [1.165, 1.54) is 5.56 Å². The van der Waals surface area contributed by atoms with E-state index in [0.717, 1.165) is 43.4 Å². The second kappa shape index (κ2) is 5.08. The number of Topliss-reactive ketones (excluding diaryl/α,β-unsaturated/α-hetero) is 1. The van der Waals surface area contributed by atoms with Crippen LogP contribution in [0.25, 0.3) is 0 Å². The van der Waals surface area contributed by atoms with Crippen molar-refractivity contribution in [3.8, 4) is 0 Å². The molecule has 0 atom stereocenters. The highest BCUT2D eigenvalue weighted by Crippen LogP contribution is 2.47. The zero-order valence-electron chi connectivity index (χ0n) is 12.3. The van der Waals surface area contributed by atoms with Crippen molar-refractivity contribution in [3.63, 3.8) is 0 Å². The van der Waals surface area contributed by atoms with Gasteiger partial charge < -0.3 is 4.74 Å². The van der Waals surface area contributed by atoms with Gasteiger partial charge in [0.25, 0.3) is 0 Å². The number of rotatable bonds is 2. The molecule has 1 aromatic carbocycles. The number of carbonyl (C=O) groups is 1. The van der Waals surface area contributed by atoms with Crippen LogP contribution in [0.1, 0.15) is 57.4 Å². The van der Waals surface area contributed by atoms with E-state index < -0.39 is 0 Å². The Kier molecular flexibility index (Phi) is 3.41. The highest BCUT2D eigenvalue weighted by Gasteiger charge is 2.43. The van der Waals surface area contributed by atoms with Crippen LogP contribution in [-0.4, -0.2) is 11.4 Å². The number of carbonyl (C=O) groups excluding carboxylic acids is 1. The minimum Gasteiger partial charge on any atom is -0.491 e. The summed E-state index contributed by atoms with van der Waals surface area (Å²) in [4.78, 5) is 11.6. The first kappa shape index (κ1) is 13.4. The summed E-state index contributed by atoms with van der Waals surface area (Å²) in [5, 5.41) is 0. The van der Waals surface area contributed by atoms with Crippen LogP contribution < -0.4 is 0 Å². The van der Waals surface area contributed by atoms with Crippen LogP contribution >= 0.6 is 0 Å². The highest BCUT2D eigenvalue weighted by atomic mass is 16.5. The van der Waals surface area contributed by atoms with Gasteiger partial charge in [-0.25, -0.2) is 0 Å². The standard InChI is InChI=1S/C18H22O2/c1-13(19)17-12-18(20-14(17)2)10-8-16(9-11-18)15-6-4-3-5-7-15/h3-7,16H,8-12H2,1-2H3. The Bertz CT molecular complexity index is 534. The van der Waals surface area contributed by atoms with Gasteiger partial charge in [-0.1, -0.05) is 30.3 Å². The van der Waals surface area contributed by atoms with E-state index in [1.807, 2.05) is 6.92 Å². The lowest BCUT2D eigenvalue weighted by molar-refractivity contribution is -0.113. The first-order chi connectivity index (χ1) is 9.60. The maximum atomic E-state index is 11.6. The van der Waals surface area contributed by atoms with Crippen LogP contribution in [0.15, 0.2) is 41.7 Å². The average molecular weight is 270 g/mol. The summed E-state index contributed by atoms with van der Waals surface area (Å²) in [5.41, 5.74) is 2.26. The maximum absolute atomic E-state index is 11.6. The summed E-state index contributed by atoms with van der Waals surface area (Å²) in [7, 11) is 0. The van der Waals surface area contributed by atoms with Crippen molar-refractivity contribution in [1.29, 1.82) is 0 Å². The number of hydrogen-bond acceptors (Lipinski definition) is 2. The second-order valence-electron chi connectivity index (χ2n) is 6.24. The molecule has 0 bridgehead atoms. The number of hydrogen-bond donors (Lipinski definition) is 0. The fourth-order valence-electron chi connectivity index (χ4n) is 3.72. The lowest BCUT2D eigenvalue weighted by Crippen LogP contribution is -2.33. The van der Waals surface area contributed by atoms with Gasteiger partial charge in [-0.3, -0.25) is 4.79 Å². The molecule has 0 amide bonds. The van der Waals surface area contributed by atoms with E-state index in [1.54, 1.807) is 6.92 Å². The molecule has 3 rings (SSSR count). The van der Waals surface area contributed by atoms with Crippen LogP contribution in [0.3, 0.4) is 0 Å². The second-order valence-corrected chi connectivity index (χ2v) is 6.24. The Morgan fingerprint density at radius 2 is 1.85 bits per heavy atom. The topological polar surface area (TPSA) is 26.3 Å². The number of ketones is 1. The summed E-state index contributed by atoms with van der Waals surface area (Å²) in [5.74, 6) is 1.67. The average Bonchev–Trinajstić information content (AvgIpc) is 2.78. The van der Waals surface area contributed by atoms with Crippen molar-refractivity contribution in [2.75, 3.05) is 0 Å². The van der Waals surface area contributed by atoms with Crippen molar-refractivity contribution in [2.45, 2.75) is 57.5 Å². The van der Waals surface area contributed by atoms with Crippen LogP contribution in [0.2, 0.25) is 0 Å². The third-order valence-corrected chi connectivity index (χ3v) is 4.89. The molecule has 106 valence electrons. The Morgan fingerprint density at radius 1 is 1.20 bits per heavy atom. The largest absolute Gasteiger partial charge is 0.491 e. The highest BCUT2D eigenvalue weighted by molar-refractivity contribution is 5.94. The molecule has 1 aliphatic heterocycles. The zero-order chi connectivity index (χ0) is 14.2. The number of allylic oxidation sites excluding steroid dienone is 1. The maximum Gasteiger partial charge on any atom is 0.159 e. The molecule has 0 aromatic heterocycles. The summed E-state index contributed by atoms with van der Waals surface area (Å²) in [6.45, 7) is 3.59. The monoisotopic (exact) mass is 270 g/mol. The van der Waals surface area contributed by atoms with Gasteiger partial charge in [0.05, 0.1) is 0 Å². The Balaban J connectivity index is 1.67. The molecule has 2 nitrogen and oxygen atoms in total. The van der Waals surface area contributed by atoms with Gasteiger partial charge in [-0.2, -0.15) is 0 Å². The first-order valence-electron chi connectivity index (χ1n) is 7.54. The summed E-state index contributed by atoms with van der Waals surface area (Å²) in [6, 6.07) is 10.8. The van der Waals surface area contributed by atoms with Gasteiger partial charge in [-0.05, 0) is 51.0 Å². The minimum absolute atomic E-state index is 0.0869. The third kappa shape index (κ3) is 2.39. The van der Waals surface area contributed by atoms with Crippen molar-refractivity contribution < 1.29 is 9.53 Å². The lowest BCUT2D eigenvalue weighted by atomic mass is 9.74. The molecule has 0 unspecified atom stereocenters. The quantitative estimate of drug-likeness (QED) is 0.797. The molecule has 1 saturated carbocycles. The van der Waals surface area contributed by atoms with Crippen molar-refractivity contribution in [1.82, 2.24) is 0 Å². The van der Waals surface area contributed by atoms with E-state index in [-0.39, 0.29) is 11.4 Å². The SMILES string of the molecule is CC(=O)C1=C(C)OC2(CCC(c3ccccc3)CC2)C1. The number of benzene rings is 1. The van der Waals surface area contributed by atoms with Gasteiger partial charge in [0.1, 0.15) is 11.4 Å². The molecule has 0 saturated heterocycles. The molecule has 2 aliphatic rings. The molecule has 2 heteroatoms. The Morgan fingerprint density at radius 3 is 2.40 bits per heavy atom. The fraction of sp³-hybridized carbons (Fsp3) is 0.500. The molecule has 1 spiro atoms. The van der Waals surface area contributed by atoms with E-state index >= 15 is 0 Å². The summed E-state index contributed by atoms with van der Waals surface area (Å²) < 4.78 is 6.11. The fourth-order valence-corrected chi connectivity index (χ4v) is 3.72. The minimum atomic E-state index is -0.0869. The predicted molar refractivity (Wildman–Crippen MR) is 79.5 cm³/mol. The molecule has 0 radical (unpaired) electrons. The van der Waals surface area contributed by atoms with E-state index in [9.17, 15) is 4.79 Å². The van der Waals surface area contributed by atoms with E-state index in [0.29, 0.717) is 5.92 Å². The third-order valence-electron chi connectivity index (χ3n) is 4.89. The van der Waals surface area contributed by atoms with Gasteiger partial charge in [0.15, 0.2) is 5.78 Å². The van der Waals surface area contributed by atoms with Crippen LogP contribution in [0, 0.1) is 0 Å². The van der Waals surface area contributed by atoms with Crippen molar-refractivity contribution in [3.05, 3.63) is 47.2 Å². The molecule has 0 N–H and O–H groups in total. The Labute approximate surface area is 120 Å². The molecule has 1 fully saturated rings. The Hall–Kier alpha value is -1.57. The first-order valence-corrected chi connectivity index (χ1v) is 7.54.